The highest BCUT2D eigenvalue weighted by Crippen LogP contribution is 2.33. The van der Waals surface area contributed by atoms with Gasteiger partial charge in [-0.25, -0.2) is 14.4 Å². The number of hydrogen-bond acceptors (Lipinski definition) is 7. The Morgan fingerprint density at radius 2 is 1.83 bits per heavy atom. The van der Waals surface area contributed by atoms with Crippen molar-refractivity contribution in [3.8, 4) is 0 Å². The van der Waals surface area contributed by atoms with Gasteiger partial charge < -0.3 is 5.32 Å². The second kappa shape index (κ2) is 8.26. The van der Waals surface area contributed by atoms with Gasteiger partial charge in [0.05, 0.1) is 18.0 Å². The largest absolute Gasteiger partial charge is 0.324 e. The Kier molecular flexibility index (Phi) is 5.37. The molecule has 0 spiro atoms. The number of hydrazine groups is 2. The molecule has 1 aliphatic rings. The minimum absolute atomic E-state index is 0.291. The number of hydrogen-bond donors (Lipinski definition) is 2. The number of nitrogens with zero attached hydrogens (tertiary/aromatic N) is 4. The summed E-state index contributed by atoms with van der Waals surface area (Å²) in [5, 5.41) is 6.54. The second-order valence-electron chi connectivity index (χ2n) is 6.31. The molecule has 148 valence electrons. The Morgan fingerprint density at radius 1 is 1.07 bits per heavy atom. The molecule has 0 fully saturated rings. The monoisotopic (exact) mass is 392 g/mol. The number of benzene rings is 2. The van der Waals surface area contributed by atoms with Crippen LogP contribution < -0.4 is 10.7 Å². The van der Waals surface area contributed by atoms with E-state index in [1.54, 1.807) is 28.6 Å². The van der Waals surface area contributed by atoms with Crippen LogP contribution in [0.5, 0.6) is 0 Å². The minimum atomic E-state index is -0.291. The lowest BCUT2D eigenvalue weighted by Gasteiger charge is -2.25. The molecular formula is C21H21FN6O. The van der Waals surface area contributed by atoms with Gasteiger partial charge in [0, 0.05) is 24.5 Å². The van der Waals surface area contributed by atoms with E-state index in [0.29, 0.717) is 23.9 Å². The van der Waals surface area contributed by atoms with E-state index in [9.17, 15) is 4.39 Å². The highest BCUT2D eigenvalue weighted by Gasteiger charge is 2.31. The van der Waals surface area contributed by atoms with Crippen LogP contribution in [-0.4, -0.2) is 33.9 Å². The van der Waals surface area contributed by atoms with E-state index in [-0.39, 0.29) is 5.82 Å². The molecule has 2 N–H and O–H groups in total. The average Bonchev–Trinajstić information content (AvgIpc) is 3.06. The number of halogens is 1. The smallest absolute Gasteiger partial charge is 0.227 e. The lowest BCUT2D eigenvalue weighted by atomic mass is 10.1. The molecule has 3 aromatic rings. The van der Waals surface area contributed by atoms with Gasteiger partial charge in [-0.2, -0.15) is 5.17 Å². The fourth-order valence-corrected chi connectivity index (χ4v) is 3.02. The third-order valence-electron chi connectivity index (χ3n) is 4.29. The molecule has 1 aliphatic heterocycles. The van der Waals surface area contributed by atoms with Crippen molar-refractivity contribution >= 4 is 23.0 Å². The van der Waals surface area contributed by atoms with Crippen LogP contribution in [0.1, 0.15) is 18.2 Å². The van der Waals surface area contributed by atoms with Gasteiger partial charge >= 0.3 is 0 Å². The van der Waals surface area contributed by atoms with Gasteiger partial charge in [-0.3, -0.25) is 10.3 Å². The predicted octanol–water partition coefficient (Wildman–Crippen LogP) is 3.80. The molecule has 7 nitrogen and oxygen atoms in total. The molecule has 0 unspecified atom stereocenters. The summed E-state index contributed by atoms with van der Waals surface area (Å²) in [4.78, 5) is 14.8. The van der Waals surface area contributed by atoms with E-state index in [1.807, 2.05) is 50.4 Å². The SMILES string of the molecule is CCON1C(c2ccnc(Nc3ccccc3)n2)=C(c2ccc(F)cc2)NN1C. The quantitative estimate of drug-likeness (QED) is 0.661. The van der Waals surface area contributed by atoms with Gasteiger partial charge in [0.1, 0.15) is 11.5 Å². The van der Waals surface area contributed by atoms with E-state index in [2.05, 4.69) is 20.7 Å². The number of anilines is 2. The first kappa shape index (κ1) is 18.9. The van der Waals surface area contributed by atoms with Crippen molar-refractivity contribution in [1.82, 2.24) is 25.7 Å². The number of nitrogens with one attached hydrogen (secondary N) is 2. The van der Waals surface area contributed by atoms with Gasteiger partial charge in [-0.05, 0) is 49.4 Å². The van der Waals surface area contributed by atoms with Gasteiger partial charge in [0.15, 0.2) is 0 Å². The van der Waals surface area contributed by atoms with Gasteiger partial charge in [0.25, 0.3) is 0 Å². The third-order valence-corrected chi connectivity index (χ3v) is 4.29. The first-order chi connectivity index (χ1) is 14.2. The van der Waals surface area contributed by atoms with Crippen LogP contribution in [-0.2, 0) is 4.84 Å². The number of rotatable bonds is 6. The highest BCUT2D eigenvalue weighted by atomic mass is 19.1. The number of para-hydroxylation sites is 1. The standard InChI is InChI=1S/C21H21FN6O/c1-3-29-28-20(19(26-27(28)2)15-9-11-16(22)12-10-15)18-13-14-23-21(25-18)24-17-7-5-4-6-8-17/h4-14,26H,3H2,1-2H3,(H,23,24,25). The summed E-state index contributed by atoms with van der Waals surface area (Å²) >= 11 is 0. The molecule has 0 saturated carbocycles. The summed E-state index contributed by atoms with van der Waals surface area (Å²) in [5.41, 5.74) is 7.07. The fraction of sp³-hybridized carbons (Fsp3) is 0.143. The Labute approximate surface area is 168 Å². The zero-order valence-electron chi connectivity index (χ0n) is 16.1. The summed E-state index contributed by atoms with van der Waals surface area (Å²) in [5.74, 6) is 0.172. The van der Waals surface area contributed by atoms with Crippen LogP contribution in [0.3, 0.4) is 0 Å². The molecule has 0 aliphatic carbocycles. The van der Waals surface area contributed by atoms with E-state index < -0.39 is 0 Å². The van der Waals surface area contributed by atoms with Crippen molar-refractivity contribution in [3.05, 3.63) is 83.9 Å². The van der Waals surface area contributed by atoms with Crippen LogP contribution in [0, 0.1) is 5.82 Å². The zero-order chi connectivity index (χ0) is 20.2. The maximum atomic E-state index is 13.4. The average molecular weight is 392 g/mol. The molecule has 2 heterocycles. The fourth-order valence-electron chi connectivity index (χ4n) is 3.02. The van der Waals surface area contributed by atoms with E-state index in [4.69, 9.17) is 4.84 Å². The molecule has 8 heteroatoms. The summed E-state index contributed by atoms with van der Waals surface area (Å²) in [6.45, 7) is 2.37. The Morgan fingerprint density at radius 3 is 2.55 bits per heavy atom. The van der Waals surface area contributed by atoms with Crippen LogP contribution in [0.4, 0.5) is 16.0 Å². The zero-order valence-corrected chi connectivity index (χ0v) is 16.1. The molecule has 4 rings (SSSR count). The van der Waals surface area contributed by atoms with Crippen molar-refractivity contribution in [2.75, 3.05) is 19.0 Å². The summed E-state index contributed by atoms with van der Waals surface area (Å²) in [6.07, 6.45) is 1.69. The Balaban J connectivity index is 1.76. The summed E-state index contributed by atoms with van der Waals surface area (Å²) in [6, 6.07) is 17.8. The Hall–Kier alpha value is -3.49. The number of hydroxylamine groups is 1. The maximum Gasteiger partial charge on any atom is 0.227 e. The Bertz CT molecular complexity index is 1010. The van der Waals surface area contributed by atoms with Crippen molar-refractivity contribution in [2.24, 2.45) is 0 Å². The first-order valence-corrected chi connectivity index (χ1v) is 9.24. The highest BCUT2D eigenvalue weighted by molar-refractivity contribution is 5.88. The number of aromatic nitrogens is 2. The summed E-state index contributed by atoms with van der Waals surface area (Å²) in [7, 11) is 1.83. The van der Waals surface area contributed by atoms with Crippen LogP contribution in [0.15, 0.2) is 66.9 Å². The third kappa shape index (κ3) is 4.03. The minimum Gasteiger partial charge on any atom is -0.324 e. The second-order valence-corrected chi connectivity index (χ2v) is 6.31. The predicted molar refractivity (Wildman–Crippen MR) is 109 cm³/mol. The first-order valence-electron chi connectivity index (χ1n) is 9.24. The molecule has 29 heavy (non-hydrogen) atoms. The molecule has 0 atom stereocenters. The molecule has 0 saturated heterocycles. The maximum absolute atomic E-state index is 13.4. The van der Waals surface area contributed by atoms with Gasteiger partial charge in [0.2, 0.25) is 5.95 Å². The van der Waals surface area contributed by atoms with Gasteiger partial charge in [-0.15, -0.1) is 5.12 Å². The normalized spacial score (nSPS) is 14.2. The molecule has 1 aromatic heterocycles. The molecule has 0 radical (unpaired) electrons. The molecule has 0 amide bonds. The van der Waals surface area contributed by atoms with Gasteiger partial charge in [-0.1, -0.05) is 18.2 Å². The molecule has 0 bridgehead atoms. The van der Waals surface area contributed by atoms with Crippen molar-refractivity contribution in [2.45, 2.75) is 6.92 Å². The lowest BCUT2D eigenvalue weighted by molar-refractivity contribution is -0.231. The topological polar surface area (TPSA) is 65.5 Å². The van der Waals surface area contributed by atoms with Crippen molar-refractivity contribution in [1.29, 1.82) is 0 Å². The van der Waals surface area contributed by atoms with Crippen LogP contribution in [0.2, 0.25) is 0 Å². The van der Waals surface area contributed by atoms with Crippen LogP contribution >= 0.6 is 0 Å². The van der Waals surface area contributed by atoms with Crippen molar-refractivity contribution in [3.63, 3.8) is 0 Å². The van der Waals surface area contributed by atoms with E-state index in [1.165, 1.54) is 12.1 Å². The lowest BCUT2D eigenvalue weighted by Crippen LogP contribution is -2.39. The van der Waals surface area contributed by atoms with Crippen LogP contribution in [0.25, 0.3) is 11.4 Å². The molecule has 2 aromatic carbocycles. The van der Waals surface area contributed by atoms with E-state index in [0.717, 1.165) is 16.9 Å². The molecular weight excluding hydrogens is 371 g/mol. The summed E-state index contributed by atoms with van der Waals surface area (Å²) < 4.78 is 13.4. The van der Waals surface area contributed by atoms with E-state index >= 15 is 0 Å². The van der Waals surface area contributed by atoms with Crippen molar-refractivity contribution < 1.29 is 9.23 Å².